The molecular formula is C16H19N3O3. The maximum atomic E-state index is 5.78. The molecule has 1 fully saturated rings. The zero-order valence-corrected chi connectivity index (χ0v) is 12.4. The summed E-state index contributed by atoms with van der Waals surface area (Å²) in [7, 11) is 0. The molecule has 0 aliphatic carbocycles. The molecule has 1 atom stereocenters. The standard InChI is InChI=1S/C16H19N3O3/c1-2-5-13-12(4-1)10-19(7-9-21-13)11-15-17-16(22-18-15)14-6-3-8-20-14/h1-2,4-5,14H,3,6-11H2/t14-/m0/s1. The highest BCUT2D eigenvalue weighted by Crippen LogP contribution is 2.27. The average Bonchev–Trinajstić information content (AvgIpc) is 3.16. The van der Waals surface area contributed by atoms with Gasteiger partial charge in [-0.2, -0.15) is 4.98 Å². The summed E-state index contributed by atoms with van der Waals surface area (Å²) in [6, 6.07) is 8.15. The van der Waals surface area contributed by atoms with Crippen LogP contribution in [-0.2, 0) is 17.8 Å². The molecule has 1 saturated heterocycles. The lowest BCUT2D eigenvalue weighted by Gasteiger charge is -2.16. The Hall–Kier alpha value is -1.92. The highest BCUT2D eigenvalue weighted by atomic mass is 16.5. The molecule has 0 N–H and O–H groups in total. The van der Waals surface area contributed by atoms with E-state index in [2.05, 4.69) is 21.1 Å². The third-order valence-corrected chi connectivity index (χ3v) is 4.09. The minimum atomic E-state index is -0.0190. The topological polar surface area (TPSA) is 60.6 Å². The monoisotopic (exact) mass is 301 g/mol. The molecule has 116 valence electrons. The molecule has 1 aromatic heterocycles. The Morgan fingerprint density at radius 3 is 3.09 bits per heavy atom. The second-order valence-corrected chi connectivity index (χ2v) is 5.72. The van der Waals surface area contributed by atoms with E-state index in [1.54, 1.807) is 0 Å². The third-order valence-electron chi connectivity index (χ3n) is 4.09. The molecule has 2 aliphatic heterocycles. The Morgan fingerprint density at radius 2 is 2.18 bits per heavy atom. The Balaban J connectivity index is 1.45. The minimum Gasteiger partial charge on any atom is -0.492 e. The van der Waals surface area contributed by atoms with Crippen LogP contribution in [0.4, 0.5) is 0 Å². The van der Waals surface area contributed by atoms with E-state index in [9.17, 15) is 0 Å². The van der Waals surface area contributed by atoms with Crippen LogP contribution >= 0.6 is 0 Å². The van der Waals surface area contributed by atoms with E-state index in [1.807, 2.05) is 18.2 Å². The fourth-order valence-corrected chi connectivity index (χ4v) is 2.95. The van der Waals surface area contributed by atoms with Crippen LogP contribution in [0.25, 0.3) is 0 Å². The maximum Gasteiger partial charge on any atom is 0.255 e. The maximum absolute atomic E-state index is 5.78. The average molecular weight is 301 g/mol. The zero-order valence-electron chi connectivity index (χ0n) is 12.4. The lowest BCUT2D eigenvalue weighted by atomic mass is 10.2. The van der Waals surface area contributed by atoms with Gasteiger partial charge in [0, 0.05) is 25.3 Å². The van der Waals surface area contributed by atoms with Gasteiger partial charge in [0.25, 0.3) is 5.89 Å². The van der Waals surface area contributed by atoms with Crippen molar-refractivity contribution in [1.82, 2.24) is 15.0 Å². The lowest BCUT2D eigenvalue weighted by molar-refractivity contribution is 0.0835. The van der Waals surface area contributed by atoms with Gasteiger partial charge < -0.3 is 14.0 Å². The minimum absolute atomic E-state index is 0.0190. The number of hydrogen-bond donors (Lipinski definition) is 0. The summed E-state index contributed by atoms with van der Waals surface area (Å²) in [5.74, 6) is 2.29. The van der Waals surface area contributed by atoms with Gasteiger partial charge in [-0.3, -0.25) is 4.90 Å². The quantitative estimate of drug-likeness (QED) is 0.867. The van der Waals surface area contributed by atoms with Gasteiger partial charge in [-0.15, -0.1) is 0 Å². The SMILES string of the molecule is c1ccc2c(c1)CN(Cc1noc([C@@H]3CCCO3)n1)CCO2. The van der Waals surface area contributed by atoms with Gasteiger partial charge in [0.2, 0.25) is 0 Å². The summed E-state index contributed by atoms with van der Waals surface area (Å²) in [5.41, 5.74) is 1.20. The molecule has 6 nitrogen and oxygen atoms in total. The fourth-order valence-electron chi connectivity index (χ4n) is 2.95. The van der Waals surface area contributed by atoms with Gasteiger partial charge >= 0.3 is 0 Å². The molecule has 0 unspecified atom stereocenters. The van der Waals surface area contributed by atoms with Gasteiger partial charge in [-0.1, -0.05) is 23.4 Å². The van der Waals surface area contributed by atoms with Crippen molar-refractivity contribution in [3.8, 4) is 5.75 Å². The van der Waals surface area contributed by atoms with Crippen molar-refractivity contribution in [2.24, 2.45) is 0 Å². The molecule has 0 radical (unpaired) electrons. The van der Waals surface area contributed by atoms with Gasteiger partial charge in [-0.25, -0.2) is 0 Å². The van der Waals surface area contributed by atoms with Crippen LogP contribution in [0.5, 0.6) is 5.75 Å². The Morgan fingerprint density at radius 1 is 1.23 bits per heavy atom. The first-order chi connectivity index (χ1) is 10.9. The summed E-state index contributed by atoms with van der Waals surface area (Å²) in [4.78, 5) is 6.76. The molecule has 1 aromatic carbocycles. The van der Waals surface area contributed by atoms with Crippen molar-refractivity contribution >= 4 is 0 Å². The van der Waals surface area contributed by atoms with Crippen molar-refractivity contribution in [3.63, 3.8) is 0 Å². The highest BCUT2D eigenvalue weighted by Gasteiger charge is 2.24. The normalized spacial score (nSPS) is 22.1. The Kier molecular flexibility index (Phi) is 3.78. The number of hydrogen-bond acceptors (Lipinski definition) is 6. The van der Waals surface area contributed by atoms with Gasteiger partial charge in [0.15, 0.2) is 5.82 Å². The fraction of sp³-hybridized carbons (Fsp3) is 0.500. The first kappa shape index (κ1) is 13.7. The number of nitrogens with zero attached hydrogens (tertiary/aromatic N) is 3. The van der Waals surface area contributed by atoms with E-state index < -0.39 is 0 Å². The molecule has 2 aliphatic rings. The molecule has 0 saturated carbocycles. The van der Waals surface area contributed by atoms with Gasteiger partial charge in [0.05, 0.1) is 6.54 Å². The molecule has 2 aromatic rings. The van der Waals surface area contributed by atoms with Crippen LogP contribution in [0.3, 0.4) is 0 Å². The summed E-state index contributed by atoms with van der Waals surface area (Å²) in [6.45, 7) is 3.79. The van der Waals surface area contributed by atoms with Gasteiger partial charge in [-0.05, 0) is 18.9 Å². The van der Waals surface area contributed by atoms with Crippen LogP contribution in [-0.4, -0.2) is 34.8 Å². The number of benzene rings is 1. The molecule has 0 spiro atoms. The van der Waals surface area contributed by atoms with Crippen LogP contribution < -0.4 is 4.74 Å². The number of aromatic nitrogens is 2. The van der Waals surface area contributed by atoms with Gasteiger partial charge in [0.1, 0.15) is 18.5 Å². The molecule has 22 heavy (non-hydrogen) atoms. The molecule has 6 heteroatoms. The number of para-hydroxylation sites is 1. The molecule has 0 amide bonds. The third kappa shape index (κ3) is 2.84. The van der Waals surface area contributed by atoms with Crippen molar-refractivity contribution in [1.29, 1.82) is 0 Å². The van der Waals surface area contributed by atoms with Crippen molar-refractivity contribution < 1.29 is 14.0 Å². The molecular weight excluding hydrogens is 282 g/mol. The van der Waals surface area contributed by atoms with E-state index in [4.69, 9.17) is 14.0 Å². The molecule has 0 bridgehead atoms. The summed E-state index contributed by atoms with van der Waals surface area (Å²) >= 11 is 0. The van der Waals surface area contributed by atoms with E-state index in [0.29, 0.717) is 24.9 Å². The predicted molar refractivity (Wildman–Crippen MR) is 78.3 cm³/mol. The Bertz CT molecular complexity index is 637. The summed E-state index contributed by atoms with van der Waals surface area (Å²) in [5, 5.41) is 4.09. The van der Waals surface area contributed by atoms with Crippen molar-refractivity contribution in [3.05, 3.63) is 41.5 Å². The summed E-state index contributed by atoms with van der Waals surface area (Å²) in [6.07, 6.45) is 2.00. The highest BCUT2D eigenvalue weighted by molar-refractivity contribution is 5.33. The number of rotatable bonds is 3. The number of ether oxygens (including phenoxy) is 2. The first-order valence-corrected chi connectivity index (χ1v) is 7.75. The zero-order chi connectivity index (χ0) is 14.8. The van der Waals surface area contributed by atoms with Crippen LogP contribution in [0.1, 0.15) is 36.2 Å². The summed E-state index contributed by atoms with van der Waals surface area (Å²) < 4.78 is 16.7. The van der Waals surface area contributed by atoms with Crippen molar-refractivity contribution in [2.45, 2.75) is 32.0 Å². The van der Waals surface area contributed by atoms with E-state index in [1.165, 1.54) is 5.56 Å². The second kappa shape index (κ2) is 6.06. The van der Waals surface area contributed by atoms with Crippen LogP contribution in [0.15, 0.2) is 28.8 Å². The van der Waals surface area contributed by atoms with E-state index >= 15 is 0 Å². The molecule has 3 heterocycles. The number of fused-ring (bicyclic) bond motifs is 1. The Labute approximate surface area is 129 Å². The second-order valence-electron chi connectivity index (χ2n) is 5.72. The predicted octanol–water partition coefficient (Wildman–Crippen LogP) is 2.32. The van der Waals surface area contributed by atoms with E-state index in [0.717, 1.165) is 38.3 Å². The lowest BCUT2D eigenvalue weighted by Crippen LogP contribution is -2.25. The van der Waals surface area contributed by atoms with Crippen molar-refractivity contribution in [2.75, 3.05) is 19.8 Å². The van der Waals surface area contributed by atoms with E-state index in [-0.39, 0.29) is 6.10 Å². The first-order valence-electron chi connectivity index (χ1n) is 7.75. The smallest absolute Gasteiger partial charge is 0.255 e. The van der Waals surface area contributed by atoms with Crippen LogP contribution in [0.2, 0.25) is 0 Å². The largest absolute Gasteiger partial charge is 0.492 e. The van der Waals surface area contributed by atoms with Crippen LogP contribution in [0, 0.1) is 0 Å². The molecule has 4 rings (SSSR count).